The lowest BCUT2D eigenvalue weighted by molar-refractivity contribution is 0.312. The normalized spacial score (nSPS) is 16.7. The molecule has 2 rings (SSSR count). The van der Waals surface area contributed by atoms with Crippen LogP contribution in [0.5, 0.6) is 5.75 Å². The summed E-state index contributed by atoms with van der Waals surface area (Å²) in [5.74, 6) is 2.70. The molecule has 0 spiro atoms. The van der Waals surface area contributed by atoms with Gasteiger partial charge in [-0.05, 0) is 55.2 Å². The molecule has 1 fully saturated rings. The molecule has 0 unspecified atom stereocenters. The Morgan fingerprint density at radius 2 is 1.70 bits per heavy atom. The third-order valence-corrected chi connectivity index (χ3v) is 4.08. The smallest absolute Gasteiger partial charge is 0.119 e. The number of ether oxygens (including phenoxy) is 1. The fraction of sp³-hybridized carbons (Fsp3) is 0.636. The van der Waals surface area contributed by atoms with Crippen LogP contribution in [-0.4, -0.2) is 7.11 Å². The SMILES string of the molecule is CC.CCC.COc1cccc(C=C2CCC(C(C)C)CC2)c1. The second kappa shape index (κ2) is 13.2. The van der Waals surface area contributed by atoms with E-state index in [1.165, 1.54) is 37.7 Å². The van der Waals surface area contributed by atoms with Crippen molar-refractivity contribution in [1.29, 1.82) is 0 Å². The minimum atomic E-state index is 0.836. The molecular weight excluding hydrogens is 280 g/mol. The van der Waals surface area contributed by atoms with Crippen molar-refractivity contribution in [3.63, 3.8) is 0 Å². The van der Waals surface area contributed by atoms with Crippen molar-refractivity contribution in [2.75, 3.05) is 7.11 Å². The highest BCUT2D eigenvalue weighted by Crippen LogP contribution is 2.33. The number of hydrogen-bond donors (Lipinski definition) is 0. The average Bonchev–Trinajstić information content (AvgIpc) is 2.58. The molecule has 0 saturated heterocycles. The van der Waals surface area contributed by atoms with E-state index in [0.29, 0.717) is 0 Å². The van der Waals surface area contributed by atoms with Crippen LogP contribution in [0.4, 0.5) is 0 Å². The molecule has 0 N–H and O–H groups in total. The lowest BCUT2D eigenvalue weighted by Gasteiger charge is -2.27. The Labute approximate surface area is 145 Å². The number of benzene rings is 1. The maximum absolute atomic E-state index is 5.26. The van der Waals surface area contributed by atoms with Gasteiger partial charge < -0.3 is 4.74 Å². The average molecular weight is 319 g/mol. The van der Waals surface area contributed by atoms with Gasteiger partial charge in [-0.15, -0.1) is 0 Å². The minimum Gasteiger partial charge on any atom is -0.497 e. The number of allylic oxidation sites excluding steroid dienone is 1. The molecule has 1 aliphatic rings. The molecule has 1 heteroatoms. The molecule has 1 saturated carbocycles. The largest absolute Gasteiger partial charge is 0.497 e. The van der Waals surface area contributed by atoms with Crippen molar-refractivity contribution in [2.45, 2.75) is 73.6 Å². The van der Waals surface area contributed by atoms with E-state index in [9.17, 15) is 0 Å². The topological polar surface area (TPSA) is 9.23 Å². The highest BCUT2D eigenvalue weighted by molar-refractivity contribution is 5.55. The fourth-order valence-corrected chi connectivity index (χ4v) is 2.79. The van der Waals surface area contributed by atoms with Crippen molar-refractivity contribution >= 4 is 6.08 Å². The fourth-order valence-electron chi connectivity index (χ4n) is 2.79. The molecule has 0 radical (unpaired) electrons. The molecule has 1 aromatic rings. The minimum absolute atomic E-state index is 0.836. The Hall–Kier alpha value is -1.24. The van der Waals surface area contributed by atoms with E-state index in [2.05, 4.69) is 52.0 Å². The maximum atomic E-state index is 5.26. The molecule has 0 amide bonds. The number of hydrogen-bond acceptors (Lipinski definition) is 1. The Kier molecular flexibility index (Phi) is 12.5. The van der Waals surface area contributed by atoms with E-state index in [1.54, 1.807) is 12.7 Å². The molecule has 0 atom stereocenters. The van der Waals surface area contributed by atoms with Gasteiger partial charge in [-0.1, -0.05) is 71.7 Å². The van der Waals surface area contributed by atoms with Gasteiger partial charge >= 0.3 is 0 Å². The summed E-state index contributed by atoms with van der Waals surface area (Å²) in [5, 5.41) is 0. The van der Waals surface area contributed by atoms with Crippen LogP contribution in [0.3, 0.4) is 0 Å². The highest BCUT2D eigenvalue weighted by Gasteiger charge is 2.19. The lowest BCUT2D eigenvalue weighted by Crippen LogP contribution is -2.13. The molecule has 132 valence electrons. The van der Waals surface area contributed by atoms with Crippen LogP contribution < -0.4 is 4.74 Å². The van der Waals surface area contributed by atoms with Gasteiger partial charge in [0, 0.05) is 0 Å². The quantitative estimate of drug-likeness (QED) is 0.565. The highest BCUT2D eigenvalue weighted by atomic mass is 16.5. The molecule has 1 nitrogen and oxygen atoms in total. The Balaban J connectivity index is 0.000000868. The van der Waals surface area contributed by atoms with Gasteiger partial charge in [0.25, 0.3) is 0 Å². The summed E-state index contributed by atoms with van der Waals surface area (Å²) >= 11 is 0. The molecule has 1 aliphatic carbocycles. The third kappa shape index (κ3) is 8.83. The van der Waals surface area contributed by atoms with E-state index in [4.69, 9.17) is 4.74 Å². The molecule has 0 bridgehead atoms. The molecule has 1 aromatic carbocycles. The predicted octanol–water partition coefficient (Wildman–Crippen LogP) is 7.37. The van der Waals surface area contributed by atoms with Gasteiger partial charge in [0.1, 0.15) is 5.75 Å². The summed E-state index contributed by atoms with van der Waals surface area (Å²) in [7, 11) is 1.72. The Bertz CT molecular complexity index is 421. The van der Waals surface area contributed by atoms with E-state index < -0.39 is 0 Å². The van der Waals surface area contributed by atoms with Gasteiger partial charge in [-0.2, -0.15) is 0 Å². The lowest BCUT2D eigenvalue weighted by atomic mass is 9.79. The van der Waals surface area contributed by atoms with Gasteiger partial charge in [0.15, 0.2) is 0 Å². The maximum Gasteiger partial charge on any atom is 0.119 e. The monoisotopic (exact) mass is 318 g/mol. The first-order valence-corrected chi connectivity index (χ1v) is 9.44. The summed E-state index contributed by atoms with van der Waals surface area (Å²) in [4.78, 5) is 0. The van der Waals surface area contributed by atoms with Crippen molar-refractivity contribution in [1.82, 2.24) is 0 Å². The number of methoxy groups -OCH3 is 1. The van der Waals surface area contributed by atoms with Crippen molar-refractivity contribution in [3.05, 3.63) is 35.4 Å². The molecular formula is C22H38O. The second-order valence-corrected chi connectivity index (χ2v) is 6.37. The molecule has 0 heterocycles. The van der Waals surface area contributed by atoms with Crippen molar-refractivity contribution in [2.24, 2.45) is 11.8 Å². The van der Waals surface area contributed by atoms with Crippen LogP contribution in [0.2, 0.25) is 0 Å². The summed E-state index contributed by atoms with van der Waals surface area (Å²) in [6.45, 7) is 12.9. The predicted molar refractivity (Wildman–Crippen MR) is 105 cm³/mol. The van der Waals surface area contributed by atoms with Crippen molar-refractivity contribution < 1.29 is 4.74 Å². The first-order valence-electron chi connectivity index (χ1n) is 9.44. The summed E-state index contributed by atoms with van der Waals surface area (Å²) in [5.41, 5.74) is 2.87. The summed E-state index contributed by atoms with van der Waals surface area (Å²) in [6.07, 6.45) is 8.83. The van der Waals surface area contributed by atoms with Crippen LogP contribution in [0.25, 0.3) is 6.08 Å². The van der Waals surface area contributed by atoms with Gasteiger partial charge in [-0.25, -0.2) is 0 Å². The third-order valence-electron chi connectivity index (χ3n) is 4.08. The van der Waals surface area contributed by atoms with Gasteiger partial charge in [0.2, 0.25) is 0 Å². The first-order chi connectivity index (χ1) is 11.1. The zero-order valence-electron chi connectivity index (χ0n) is 16.5. The summed E-state index contributed by atoms with van der Waals surface area (Å²) < 4.78 is 5.26. The molecule has 0 aromatic heterocycles. The molecule has 0 aliphatic heterocycles. The van der Waals surface area contributed by atoms with Gasteiger partial charge in [-0.3, -0.25) is 0 Å². The van der Waals surface area contributed by atoms with E-state index in [1.807, 2.05) is 19.9 Å². The van der Waals surface area contributed by atoms with Crippen LogP contribution in [-0.2, 0) is 0 Å². The van der Waals surface area contributed by atoms with Crippen LogP contribution >= 0.6 is 0 Å². The zero-order valence-corrected chi connectivity index (χ0v) is 16.5. The van der Waals surface area contributed by atoms with Crippen LogP contribution in [0, 0.1) is 11.8 Å². The molecule has 23 heavy (non-hydrogen) atoms. The van der Waals surface area contributed by atoms with E-state index in [0.717, 1.165) is 17.6 Å². The van der Waals surface area contributed by atoms with E-state index in [-0.39, 0.29) is 0 Å². The summed E-state index contributed by atoms with van der Waals surface area (Å²) in [6, 6.07) is 8.33. The van der Waals surface area contributed by atoms with Crippen LogP contribution in [0.1, 0.15) is 79.2 Å². The zero-order chi connectivity index (χ0) is 17.7. The van der Waals surface area contributed by atoms with Crippen molar-refractivity contribution in [3.8, 4) is 5.75 Å². The second-order valence-electron chi connectivity index (χ2n) is 6.37. The standard InChI is InChI=1S/C17H24O.C3H8.C2H6/c1-13(2)16-9-7-14(8-10-16)11-15-5-4-6-17(12-15)18-3;1-3-2;1-2/h4-6,11-13,16H,7-10H2,1-3H3;3H2,1-2H3;1-2H3. The Morgan fingerprint density at radius 3 is 2.17 bits per heavy atom. The Morgan fingerprint density at radius 1 is 1.13 bits per heavy atom. The first kappa shape index (κ1) is 21.8. The van der Waals surface area contributed by atoms with E-state index >= 15 is 0 Å². The van der Waals surface area contributed by atoms with Gasteiger partial charge in [0.05, 0.1) is 7.11 Å². The van der Waals surface area contributed by atoms with Crippen LogP contribution in [0.15, 0.2) is 29.8 Å². The number of rotatable bonds is 3.